The molecule has 0 unspecified atom stereocenters. The molecule has 1 aromatic heterocycles. The largest absolute Gasteiger partial charge is 0.477 e. The van der Waals surface area contributed by atoms with Crippen LogP contribution in [-0.4, -0.2) is 21.7 Å². The second-order valence-corrected chi connectivity index (χ2v) is 6.08. The molecule has 1 heterocycles. The van der Waals surface area contributed by atoms with E-state index in [1.54, 1.807) is 10.6 Å². The van der Waals surface area contributed by atoms with Crippen LogP contribution in [-0.2, 0) is 0 Å². The number of hydrogen-bond donors (Lipinski definition) is 2. The van der Waals surface area contributed by atoms with Gasteiger partial charge in [-0.05, 0) is 37.8 Å². The Balaban J connectivity index is 1.98. The van der Waals surface area contributed by atoms with Crippen LogP contribution in [0.5, 0.6) is 0 Å². The summed E-state index contributed by atoms with van der Waals surface area (Å²) < 4.78 is 16.0. The fraction of sp³-hybridized carbons (Fsp3) is 0.375. The summed E-state index contributed by atoms with van der Waals surface area (Å²) >= 11 is 0. The fourth-order valence-corrected chi connectivity index (χ4v) is 2.74. The van der Waals surface area contributed by atoms with Crippen LogP contribution in [0.25, 0.3) is 10.9 Å². The van der Waals surface area contributed by atoms with E-state index in [1.165, 1.54) is 6.20 Å². The highest BCUT2D eigenvalue weighted by atomic mass is 19.1. The fourth-order valence-electron chi connectivity index (χ4n) is 2.74. The zero-order valence-corrected chi connectivity index (χ0v) is 11.8. The van der Waals surface area contributed by atoms with Crippen molar-refractivity contribution >= 4 is 22.6 Å². The summed E-state index contributed by atoms with van der Waals surface area (Å²) in [5, 5.41) is 12.4. The minimum absolute atomic E-state index is 0.130. The van der Waals surface area contributed by atoms with Crippen molar-refractivity contribution in [1.82, 2.24) is 4.57 Å². The van der Waals surface area contributed by atoms with E-state index in [4.69, 9.17) is 0 Å². The molecule has 1 aromatic carbocycles. The van der Waals surface area contributed by atoms with Gasteiger partial charge in [0.15, 0.2) is 0 Å². The molecular weight excluding hydrogens is 287 g/mol. The molecule has 6 heteroatoms. The molecule has 2 aromatic rings. The molecule has 0 amide bonds. The molecular formula is C16H15FN2O3. The number of fused-ring (bicyclic) bond motifs is 1. The Morgan fingerprint density at radius 1 is 1.27 bits per heavy atom. The van der Waals surface area contributed by atoms with Crippen LogP contribution in [0.15, 0.2) is 23.1 Å². The van der Waals surface area contributed by atoms with E-state index >= 15 is 0 Å². The number of hydrogen-bond acceptors (Lipinski definition) is 3. The average molecular weight is 302 g/mol. The number of carbonyl (C=O) groups is 1. The van der Waals surface area contributed by atoms with Gasteiger partial charge in [0.25, 0.3) is 0 Å². The Morgan fingerprint density at radius 3 is 2.59 bits per heavy atom. The van der Waals surface area contributed by atoms with Crippen LogP contribution in [0, 0.1) is 5.82 Å². The van der Waals surface area contributed by atoms with Gasteiger partial charge in [0.1, 0.15) is 11.4 Å². The molecule has 0 spiro atoms. The lowest BCUT2D eigenvalue weighted by atomic mass is 10.1. The highest BCUT2D eigenvalue weighted by Crippen LogP contribution is 2.38. The number of carboxylic acids is 1. The van der Waals surface area contributed by atoms with Gasteiger partial charge >= 0.3 is 5.97 Å². The van der Waals surface area contributed by atoms with E-state index in [2.05, 4.69) is 5.32 Å². The zero-order chi connectivity index (χ0) is 15.4. The van der Waals surface area contributed by atoms with Gasteiger partial charge in [-0.25, -0.2) is 9.18 Å². The standard InChI is InChI=1S/C16H15FN2O3/c17-12-5-10-14(6-13(12)18-8-1-2-8)19(9-3-4-9)7-11(15(10)20)16(21)22/h5-9,18H,1-4H2,(H,21,22). The van der Waals surface area contributed by atoms with Crippen LogP contribution in [0.1, 0.15) is 42.1 Å². The molecule has 22 heavy (non-hydrogen) atoms. The maximum Gasteiger partial charge on any atom is 0.341 e. The summed E-state index contributed by atoms with van der Waals surface area (Å²) in [7, 11) is 0. The van der Waals surface area contributed by atoms with Gasteiger partial charge < -0.3 is 15.0 Å². The number of halogens is 1. The lowest BCUT2D eigenvalue weighted by molar-refractivity contribution is 0.0695. The second-order valence-electron chi connectivity index (χ2n) is 6.08. The van der Waals surface area contributed by atoms with E-state index in [1.807, 2.05) is 0 Å². The first-order valence-corrected chi connectivity index (χ1v) is 7.43. The Morgan fingerprint density at radius 2 is 2.00 bits per heavy atom. The predicted octanol–water partition coefficient (Wildman–Crippen LogP) is 2.75. The van der Waals surface area contributed by atoms with E-state index < -0.39 is 17.2 Å². The van der Waals surface area contributed by atoms with Crippen LogP contribution >= 0.6 is 0 Å². The molecule has 0 radical (unpaired) electrons. The summed E-state index contributed by atoms with van der Waals surface area (Å²) in [4.78, 5) is 23.5. The lowest BCUT2D eigenvalue weighted by Crippen LogP contribution is -2.19. The Labute approximate surface area is 125 Å². The third kappa shape index (κ3) is 2.15. The van der Waals surface area contributed by atoms with Crippen LogP contribution in [0.2, 0.25) is 0 Å². The number of aromatic nitrogens is 1. The number of pyridine rings is 1. The molecule has 2 aliphatic carbocycles. The molecule has 2 aliphatic rings. The third-order valence-electron chi connectivity index (χ3n) is 4.23. The number of benzene rings is 1. The van der Waals surface area contributed by atoms with Gasteiger partial charge in [0.2, 0.25) is 5.43 Å². The van der Waals surface area contributed by atoms with Gasteiger partial charge in [-0.1, -0.05) is 0 Å². The Hall–Kier alpha value is -2.37. The molecule has 5 nitrogen and oxygen atoms in total. The van der Waals surface area contributed by atoms with Gasteiger partial charge in [-0.15, -0.1) is 0 Å². The van der Waals surface area contributed by atoms with Crippen molar-refractivity contribution in [2.24, 2.45) is 0 Å². The summed E-state index contributed by atoms with van der Waals surface area (Å²) in [5.74, 6) is -1.79. The normalized spacial score (nSPS) is 17.7. The first kappa shape index (κ1) is 13.3. The smallest absolute Gasteiger partial charge is 0.341 e. The SMILES string of the molecule is O=C(O)c1cn(C2CC2)c2cc(NC3CC3)c(F)cc2c1=O. The van der Waals surface area contributed by atoms with Gasteiger partial charge in [-0.2, -0.15) is 0 Å². The summed E-state index contributed by atoms with van der Waals surface area (Å²) in [6.45, 7) is 0. The molecule has 0 bridgehead atoms. The minimum atomic E-state index is -1.28. The number of aromatic carboxylic acids is 1. The molecule has 0 aliphatic heterocycles. The maximum atomic E-state index is 14.2. The number of nitrogens with zero attached hydrogens (tertiary/aromatic N) is 1. The van der Waals surface area contributed by atoms with Gasteiger partial charge in [0.05, 0.1) is 11.2 Å². The molecule has 4 rings (SSSR count). The summed E-state index contributed by atoms with van der Waals surface area (Å²) in [6.07, 6.45) is 5.32. The molecule has 0 saturated heterocycles. The topological polar surface area (TPSA) is 71.3 Å². The number of carboxylic acid groups (broad SMARTS) is 1. The first-order chi connectivity index (χ1) is 10.5. The van der Waals surface area contributed by atoms with Crippen molar-refractivity contribution < 1.29 is 14.3 Å². The highest BCUT2D eigenvalue weighted by molar-refractivity contribution is 5.93. The van der Waals surface area contributed by atoms with Crippen molar-refractivity contribution in [3.63, 3.8) is 0 Å². The minimum Gasteiger partial charge on any atom is -0.477 e. The second kappa shape index (κ2) is 4.56. The molecule has 2 saturated carbocycles. The van der Waals surface area contributed by atoms with E-state index in [-0.39, 0.29) is 17.0 Å². The number of rotatable bonds is 4. The van der Waals surface area contributed by atoms with Crippen LogP contribution < -0.4 is 10.7 Å². The summed E-state index contributed by atoms with van der Waals surface area (Å²) in [5.41, 5.74) is 0.0481. The van der Waals surface area contributed by atoms with Crippen molar-refractivity contribution in [3.8, 4) is 0 Å². The molecule has 114 valence electrons. The highest BCUT2D eigenvalue weighted by Gasteiger charge is 2.28. The first-order valence-electron chi connectivity index (χ1n) is 7.43. The van der Waals surface area contributed by atoms with E-state index in [9.17, 15) is 19.1 Å². The molecule has 2 fully saturated rings. The summed E-state index contributed by atoms with van der Waals surface area (Å²) in [6, 6.07) is 3.29. The van der Waals surface area contributed by atoms with Crippen molar-refractivity contribution in [1.29, 1.82) is 0 Å². The predicted molar refractivity (Wildman–Crippen MR) is 80.0 cm³/mol. The molecule has 2 N–H and O–H groups in total. The molecule has 0 atom stereocenters. The number of anilines is 1. The van der Waals surface area contributed by atoms with E-state index in [0.29, 0.717) is 17.2 Å². The quantitative estimate of drug-likeness (QED) is 0.911. The maximum absolute atomic E-state index is 14.2. The Kier molecular flexibility index (Phi) is 2.76. The zero-order valence-electron chi connectivity index (χ0n) is 11.8. The van der Waals surface area contributed by atoms with Crippen LogP contribution in [0.4, 0.5) is 10.1 Å². The van der Waals surface area contributed by atoms with Crippen molar-refractivity contribution in [2.75, 3.05) is 5.32 Å². The van der Waals surface area contributed by atoms with Crippen LogP contribution in [0.3, 0.4) is 0 Å². The average Bonchev–Trinajstić information content (AvgIpc) is 3.34. The van der Waals surface area contributed by atoms with Crippen molar-refractivity contribution in [3.05, 3.63) is 39.9 Å². The lowest BCUT2D eigenvalue weighted by Gasteiger charge is -2.14. The van der Waals surface area contributed by atoms with E-state index in [0.717, 1.165) is 31.7 Å². The van der Waals surface area contributed by atoms with Crippen molar-refractivity contribution in [2.45, 2.75) is 37.8 Å². The monoisotopic (exact) mass is 302 g/mol. The van der Waals surface area contributed by atoms with Gasteiger partial charge in [0, 0.05) is 23.7 Å². The van der Waals surface area contributed by atoms with Gasteiger partial charge in [-0.3, -0.25) is 4.79 Å². The Bertz CT molecular complexity index is 851. The third-order valence-corrected chi connectivity index (χ3v) is 4.23. The number of nitrogens with one attached hydrogen (secondary N) is 1.